The van der Waals surface area contributed by atoms with Crippen molar-refractivity contribution < 1.29 is 9.47 Å². The molecule has 5 nitrogen and oxygen atoms in total. The van der Waals surface area contributed by atoms with Gasteiger partial charge >= 0.3 is 0 Å². The van der Waals surface area contributed by atoms with Gasteiger partial charge < -0.3 is 9.47 Å². The minimum absolute atomic E-state index is 0.170. The second kappa shape index (κ2) is 6.01. The van der Waals surface area contributed by atoms with Gasteiger partial charge in [0, 0.05) is 16.6 Å². The molecule has 0 fully saturated rings. The second-order valence-corrected chi connectivity index (χ2v) is 5.26. The van der Waals surface area contributed by atoms with Crippen LogP contribution in [0.2, 0.25) is 0 Å². The van der Waals surface area contributed by atoms with E-state index in [0.29, 0.717) is 0 Å². The van der Waals surface area contributed by atoms with Crippen LogP contribution in [0.25, 0.3) is 0 Å². The summed E-state index contributed by atoms with van der Waals surface area (Å²) in [5.41, 5.74) is 3.73. The highest BCUT2D eigenvalue weighted by atomic mass is 32.1. The zero-order valence-corrected chi connectivity index (χ0v) is 12.0. The first kappa shape index (κ1) is 13.8. The molecule has 0 radical (unpaired) electrons. The number of hydrazine groups is 1. The van der Waals surface area contributed by atoms with E-state index in [1.54, 1.807) is 25.6 Å². The monoisotopic (exact) mass is 279 g/mol. The molecular formula is C13H17N3O2S. The number of aryl methyl sites for hydroxylation is 1. The standard InChI is InChI=1S/C13H17N3O2S/c1-8-15-7-12(19-8)13(16-14)10-6-9(17-2)4-5-11(10)18-3/h4-7,13,16H,14H2,1-3H3. The normalized spacial score (nSPS) is 12.2. The summed E-state index contributed by atoms with van der Waals surface area (Å²) in [5.74, 6) is 7.21. The van der Waals surface area contributed by atoms with Gasteiger partial charge in [0.25, 0.3) is 0 Å². The average Bonchev–Trinajstić information content (AvgIpc) is 2.86. The van der Waals surface area contributed by atoms with Crippen LogP contribution in [0.1, 0.15) is 21.5 Å². The summed E-state index contributed by atoms with van der Waals surface area (Å²) in [6.45, 7) is 1.96. The number of nitrogens with zero attached hydrogens (tertiary/aromatic N) is 1. The summed E-state index contributed by atoms with van der Waals surface area (Å²) in [6.07, 6.45) is 1.82. The lowest BCUT2D eigenvalue weighted by Gasteiger charge is -2.18. The molecule has 1 aromatic heterocycles. The van der Waals surface area contributed by atoms with E-state index in [-0.39, 0.29) is 6.04 Å². The average molecular weight is 279 g/mol. The number of thiazole rings is 1. The van der Waals surface area contributed by atoms with Crippen molar-refractivity contribution in [2.75, 3.05) is 14.2 Å². The molecule has 0 spiro atoms. The molecule has 2 aromatic rings. The van der Waals surface area contributed by atoms with E-state index in [4.69, 9.17) is 15.3 Å². The van der Waals surface area contributed by atoms with E-state index in [9.17, 15) is 0 Å². The Morgan fingerprint density at radius 2 is 2.11 bits per heavy atom. The van der Waals surface area contributed by atoms with Crippen molar-refractivity contribution in [2.24, 2.45) is 5.84 Å². The molecule has 19 heavy (non-hydrogen) atoms. The van der Waals surface area contributed by atoms with Crippen LogP contribution in [0.5, 0.6) is 11.5 Å². The molecule has 0 bridgehead atoms. The largest absolute Gasteiger partial charge is 0.497 e. The highest BCUT2D eigenvalue weighted by molar-refractivity contribution is 7.11. The molecule has 1 atom stereocenters. The lowest BCUT2D eigenvalue weighted by Crippen LogP contribution is -2.28. The number of aromatic nitrogens is 1. The van der Waals surface area contributed by atoms with Gasteiger partial charge in [0.15, 0.2) is 0 Å². The third-order valence-corrected chi connectivity index (χ3v) is 3.82. The Morgan fingerprint density at radius 1 is 1.32 bits per heavy atom. The van der Waals surface area contributed by atoms with E-state index in [1.165, 1.54) is 0 Å². The van der Waals surface area contributed by atoms with E-state index in [1.807, 2.05) is 31.3 Å². The molecule has 0 saturated carbocycles. The minimum Gasteiger partial charge on any atom is -0.497 e. The number of benzene rings is 1. The van der Waals surface area contributed by atoms with Crippen molar-refractivity contribution in [3.63, 3.8) is 0 Å². The van der Waals surface area contributed by atoms with Gasteiger partial charge in [0.1, 0.15) is 11.5 Å². The summed E-state index contributed by atoms with van der Waals surface area (Å²) < 4.78 is 10.6. The Bertz CT molecular complexity index is 557. The van der Waals surface area contributed by atoms with Crippen LogP contribution in [-0.2, 0) is 0 Å². The van der Waals surface area contributed by atoms with Gasteiger partial charge in [-0.2, -0.15) is 0 Å². The molecule has 0 amide bonds. The molecule has 102 valence electrons. The minimum atomic E-state index is -0.170. The fourth-order valence-electron chi connectivity index (χ4n) is 1.90. The third kappa shape index (κ3) is 2.86. The summed E-state index contributed by atoms with van der Waals surface area (Å²) in [4.78, 5) is 5.29. The third-order valence-electron chi connectivity index (χ3n) is 2.84. The molecule has 1 aromatic carbocycles. The number of nitrogens with two attached hydrogens (primary N) is 1. The summed E-state index contributed by atoms with van der Waals surface area (Å²) >= 11 is 1.60. The molecule has 1 unspecified atom stereocenters. The first-order valence-corrected chi connectivity index (χ1v) is 6.61. The van der Waals surface area contributed by atoms with E-state index in [2.05, 4.69) is 10.4 Å². The number of nitrogens with one attached hydrogen (secondary N) is 1. The SMILES string of the molecule is COc1ccc(OC)c(C(NN)c2cnc(C)s2)c1. The number of rotatable bonds is 5. The van der Waals surface area contributed by atoms with Crippen LogP contribution in [0.4, 0.5) is 0 Å². The van der Waals surface area contributed by atoms with Gasteiger partial charge in [-0.3, -0.25) is 5.84 Å². The Morgan fingerprint density at radius 3 is 2.63 bits per heavy atom. The topological polar surface area (TPSA) is 69.4 Å². The van der Waals surface area contributed by atoms with Gasteiger partial charge in [0.2, 0.25) is 0 Å². The Labute approximate surface area is 116 Å². The van der Waals surface area contributed by atoms with Crippen LogP contribution >= 0.6 is 11.3 Å². The molecule has 1 heterocycles. The second-order valence-electron chi connectivity index (χ2n) is 3.99. The van der Waals surface area contributed by atoms with E-state index < -0.39 is 0 Å². The Kier molecular flexibility index (Phi) is 4.36. The van der Waals surface area contributed by atoms with Gasteiger partial charge in [0.05, 0.1) is 25.3 Å². The van der Waals surface area contributed by atoms with Crippen molar-refractivity contribution in [2.45, 2.75) is 13.0 Å². The molecule has 6 heteroatoms. The number of methoxy groups -OCH3 is 2. The number of ether oxygens (including phenoxy) is 2. The highest BCUT2D eigenvalue weighted by Crippen LogP contribution is 2.34. The fraction of sp³-hybridized carbons (Fsp3) is 0.308. The van der Waals surface area contributed by atoms with Gasteiger partial charge in [-0.1, -0.05) is 0 Å². The van der Waals surface area contributed by atoms with Crippen LogP contribution in [-0.4, -0.2) is 19.2 Å². The zero-order valence-electron chi connectivity index (χ0n) is 11.1. The smallest absolute Gasteiger partial charge is 0.124 e. The maximum Gasteiger partial charge on any atom is 0.124 e. The molecule has 0 aliphatic rings. The van der Waals surface area contributed by atoms with Crippen LogP contribution in [0.3, 0.4) is 0 Å². The molecule has 0 aliphatic heterocycles. The summed E-state index contributed by atoms with van der Waals surface area (Å²) in [5, 5.41) is 0.997. The molecule has 0 aliphatic carbocycles. The van der Waals surface area contributed by atoms with Crippen molar-refractivity contribution in [1.82, 2.24) is 10.4 Å². The predicted octanol–water partition coefficient (Wildman–Crippen LogP) is 2.02. The fourth-order valence-corrected chi connectivity index (χ4v) is 2.77. The summed E-state index contributed by atoms with van der Waals surface area (Å²) in [7, 11) is 3.27. The molecule has 0 saturated heterocycles. The van der Waals surface area contributed by atoms with E-state index in [0.717, 1.165) is 26.9 Å². The highest BCUT2D eigenvalue weighted by Gasteiger charge is 2.20. The first-order chi connectivity index (χ1) is 9.19. The van der Waals surface area contributed by atoms with Crippen LogP contribution in [0, 0.1) is 6.92 Å². The van der Waals surface area contributed by atoms with Crippen molar-refractivity contribution >= 4 is 11.3 Å². The number of hydrogen-bond acceptors (Lipinski definition) is 6. The van der Waals surface area contributed by atoms with Gasteiger partial charge in [-0.15, -0.1) is 11.3 Å². The van der Waals surface area contributed by atoms with Crippen molar-refractivity contribution in [3.05, 3.63) is 39.8 Å². The van der Waals surface area contributed by atoms with Crippen molar-refractivity contribution in [3.8, 4) is 11.5 Å². The van der Waals surface area contributed by atoms with E-state index >= 15 is 0 Å². The maximum atomic E-state index is 5.69. The first-order valence-electron chi connectivity index (χ1n) is 5.80. The van der Waals surface area contributed by atoms with Crippen LogP contribution < -0.4 is 20.7 Å². The summed E-state index contributed by atoms with van der Waals surface area (Å²) in [6, 6.07) is 5.47. The lowest BCUT2D eigenvalue weighted by molar-refractivity contribution is 0.394. The Balaban J connectivity index is 2.47. The number of hydrogen-bond donors (Lipinski definition) is 2. The van der Waals surface area contributed by atoms with Gasteiger partial charge in [-0.05, 0) is 25.1 Å². The lowest BCUT2D eigenvalue weighted by atomic mass is 10.0. The molecule has 3 N–H and O–H groups in total. The quantitative estimate of drug-likeness (QED) is 0.647. The van der Waals surface area contributed by atoms with Crippen molar-refractivity contribution in [1.29, 1.82) is 0 Å². The Hall–Kier alpha value is -1.63. The molecule has 2 rings (SSSR count). The zero-order chi connectivity index (χ0) is 13.8. The van der Waals surface area contributed by atoms with Gasteiger partial charge in [-0.25, -0.2) is 10.4 Å². The molecular weight excluding hydrogens is 262 g/mol. The van der Waals surface area contributed by atoms with Crippen LogP contribution in [0.15, 0.2) is 24.4 Å². The predicted molar refractivity (Wildman–Crippen MR) is 75.6 cm³/mol. The maximum absolute atomic E-state index is 5.69.